The smallest absolute Gasteiger partial charge is 0.251 e. The van der Waals surface area contributed by atoms with E-state index >= 15 is 0 Å². The monoisotopic (exact) mass is 733 g/mol. The summed E-state index contributed by atoms with van der Waals surface area (Å²) in [7, 11) is 1.64. The Morgan fingerprint density at radius 3 is 1.52 bits per heavy atom. The van der Waals surface area contributed by atoms with Crippen molar-refractivity contribution >= 4 is 5.91 Å². The number of carbonyl (C=O) groups excluding carboxylic acids is 1. The molecule has 5 rings (SSSR count). The molecule has 9 nitrogen and oxygen atoms in total. The van der Waals surface area contributed by atoms with Gasteiger partial charge in [0.25, 0.3) is 5.91 Å². The van der Waals surface area contributed by atoms with E-state index < -0.39 is 24.4 Å². The van der Waals surface area contributed by atoms with Gasteiger partial charge in [0, 0.05) is 13.2 Å². The molecule has 0 saturated carbocycles. The predicted octanol–water partition coefficient (Wildman–Crippen LogP) is 7.05. The van der Waals surface area contributed by atoms with Gasteiger partial charge in [-0.2, -0.15) is 0 Å². The van der Waals surface area contributed by atoms with Crippen LogP contribution in [0.2, 0.25) is 0 Å². The molecule has 0 unspecified atom stereocenters. The van der Waals surface area contributed by atoms with E-state index in [2.05, 4.69) is 5.32 Å². The number of nitrogens with one attached hydrogen (secondary N) is 1. The van der Waals surface area contributed by atoms with Crippen LogP contribution < -0.4 is 10.1 Å². The summed E-state index contributed by atoms with van der Waals surface area (Å²) in [5.41, 5.74) is 4.69. The average Bonchev–Trinajstić information content (AvgIpc) is 3.22. The van der Waals surface area contributed by atoms with Gasteiger partial charge in [0.2, 0.25) is 0 Å². The van der Waals surface area contributed by atoms with Crippen LogP contribution in [0.25, 0.3) is 0 Å². The van der Waals surface area contributed by atoms with Crippen LogP contribution >= 0.6 is 0 Å². The van der Waals surface area contributed by atoms with Gasteiger partial charge in [-0.25, -0.2) is 0 Å². The van der Waals surface area contributed by atoms with Crippen LogP contribution in [-0.4, -0.2) is 62.3 Å². The number of amides is 1. The van der Waals surface area contributed by atoms with Crippen LogP contribution in [-0.2, 0) is 61.5 Å². The number of rotatable bonds is 24. The lowest BCUT2D eigenvalue weighted by atomic mass is 10.0. The summed E-state index contributed by atoms with van der Waals surface area (Å²) in [5, 5.41) is 14.8. The molecule has 284 valence electrons. The van der Waals surface area contributed by atoms with E-state index in [-0.39, 0.29) is 32.3 Å². The van der Waals surface area contributed by atoms with Gasteiger partial charge in [-0.15, -0.1) is 0 Å². The highest BCUT2D eigenvalue weighted by Crippen LogP contribution is 2.22. The summed E-state index contributed by atoms with van der Waals surface area (Å²) in [6, 6.07) is 46.4. The fraction of sp³-hybridized carbons (Fsp3) is 0.311. The molecule has 5 aromatic rings. The number of hydrogen-bond acceptors (Lipinski definition) is 8. The molecule has 0 saturated heterocycles. The Labute approximate surface area is 318 Å². The first kappa shape index (κ1) is 40.3. The summed E-state index contributed by atoms with van der Waals surface area (Å²) in [4.78, 5) is 14.2. The second-order valence-corrected chi connectivity index (χ2v) is 12.9. The molecular formula is C45H51NO8. The molecule has 9 heteroatoms. The molecule has 4 atom stereocenters. The minimum Gasteiger partial charge on any atom is -0.497 e. The van der Waals surface area contributed by atoms with Gasteiger partial charge < -0.3 is 38.8 Å². The molecular weight excluding hydrogens is 682 g/mol. The molecule has 0 heterocycles. The zero-order chi connectivity index (χ0) is 37.6. The largest absolute Gasteiger partial charge is 0.497 e. The van der Waals surface area contributed by atoms with Crippen LogP contribution in [0.15, 0.2) is 146 Å². The van der Waals surface area contributed by atoms with Crippen molar-refractivity contribution in [2.24, 2.45) is 0 Å². The third-order valence-electron chi connectivity index (χ3n) is 8.70. The van der Waals surface area contributed by atoms with E-state index in [9.17, 15) is 9.90 Å². The maximum atomic E-state index is 14.2. The van der Waals surface area contributed by atoms with Crippen LogP contribution in [0.5, 0.6) is 5.75 Å². The number of aliphatic hydroxyl groups excluding tert-OH is 1. The Morgan fingerprint density at radius 1 is 0.556 bits per heavy atom. The summed E-state index contributed by atoms with van der Waals surface area (Å²) in [5.74, 6) is 0.404. The van der Waals surface area contributed by atoms with Crippen molar-refractivity contribution in [3.8, 4) is 5.75 Å². The molecule has 0 aliphatic heterocycles. The number of carbonyl (C=O) groups is 1. The summed E-state index contributed by atoms with van der Waals surface area (Å²) in [6.07, 6.45) is -3.78. The van der Waals surface area contributed by atoms with E-state index in [0.29, 0.717) is 32.8 Å². The Morgan fingerprint density at radius 2 is 1.00 bits per heavy atom. The van der Waals surface area contributed by atoms with E-state index in [1.165, 1.54) is 0 Å². The summed E-state index contributed by atoms with van der Waals surface area (Å²) in [6.45, 7) is 1.94. The Bertz CT molecular complexity index is 1730. The van der Waals surface area contributed by atoms with Gasteiger partial charge >= 0.3 is 0 Å². The fourth-order valence-corrected chi connectivity index (χ4v) is 5.76. The third-order valence-corrected chi connectivity index (χ3v) is 8.70. The number of hydrogen-bond donors (Lipinski definition) is 2. The molecule has 1 amide bonds. The number of benzene rings is 5. The van der Waals surface area contributed by atoms with Crippen molar-refractivity contribution in [2.45, 2.75) is 63.9 Å². The SMILES string of the molecule is COc1ccc(COCCCNC(=O)[C@H](OCc2ccccc2)[C@@H](OCc2ccccc2)[C@H](OCc2ccccc2)[C@H](O)COCc2ccccc2)cc1. The van der Waals surface area contributed by atoms with E-state index in [1.807, 2.05) is 146 Å². The number of ether oxygens (including phenoxy) is 6. The minimum absolute atomic E-state index is 0.0574. The molecule has 0 fully saturated rings. The second kappa shape index (κ2) is 23.0. The van der Waals surface area contributed by atoms with Gasteiger partial charge in [0.1, 0.15) is 24.1 Å². The minimum atomic E-state index is -1.17. The van der Waals surface area contributed by atoms with Gasteiger partial charge in [0.05, 0.1) is 46.8 Å². The van der Waals surface area contributed by atoms with Gasteiger partial charge in [-0.3, -0.25) is 4.79 Å². The predicted molar refractivity (Wildman–Crippen MR) is 207 cm³/mol. The average molecular weight is 734 g/mol. The van der Waals surface area contributed by atoms with Crippen LogP contribution in [0.1, 0.15) is 34.2 Å². The quantitative estimate of drug-likeness (QED) is 0.0651. The lowest BCUT2D eigenvalue weighted by molar-refractivity contribution is -0.191. The van der Waals surface area contributed by atoms with Crippen molar-refractivity contribution in [3.05, 3.63) is 173 Å². The van der Waals surface area contributed by atoms with E-state index in [0.717, 1.165) is 33.6 Å². The van der Waals surface area contributed by atoms with Crippen molar-refractivity contribution in [1.82, 2.24) is 5.32 Å². The Balaban J connectivity index is 1.34. The molecule has 0 aliphatic carbocycles. The highest BCUT2D eigenvalue weighted by atomic mass is 16.6. The zero-order valence-electron chi connectivity index (χ0n) is 30.8. The van der Waals surface area contributed by atoms with Crippen molar-refractivity contribution in [3.63, 3.8) is 0 Å². The van der Waals surface area contributed by atoms with Crippen molar-refractivity contribution in [2.75, 3.05) is 26.9 Å². The molecule has 0 aromatic heterocycles. The first-order chi connectivity index (χ1) is 26.6. The fourth-order valence-electron chi connectivity index (χ4n) is 5.76. The van der Waals surface area contributed by atoms with Gasteiger partial charge in [-0.1, -0.05) is 133 Å². The van der Waals surface area contributed by atoms with Crippen LogP contribution in [0.3, 0.4) is 0 Å². The van der Waals surface area contributed by atoms with Crippen molar-refractivity contribution in [1.29, 1.82) is 0 Å². The lowest BCUT2D eigenvalue weighted by Gasteiger charge is -2.35. The molecule has 2 N–H and O–H groups in total. The standard InChI is InChI=1S/C45H51NO8/c1-49-40-25-23-39(24-26-40)29-50-28-14-27-46-45(48)44(54-33-38-21-12-5-13-22-38)43(53-32-37-19-10-4-11-20-37)42(52-31-36-17-8-3-9-18-36)41(47)34-51-30-35-15-6-2-7-16-35/h2-13,15-26,41-44,47H,14,27-34H2,1H3,(H,46,48)/t41-,42-,43+,44-/m1/s1. The van der Waals surface area contributed by atoms with Crippen LogP contribution in [0, 0.1) is 0 Å². The first-order valence-electron chi connectivity index (χ1n) is 18.3. The molecule has 0 aliphatic rings. The second-order valence-electron chi connectivity index (χ2n) is 12.9. The normalized spacial score (nSPS) is 13.4. The van der Waals surface area contributed by atoms with Gasteiger partial charge in [0.15, 0.2) is 6.10 Å². The summed E-state index contributed by atoms with van der Waals surface area (Å²) >= 11 is 0. The first-order valence-corrected chi connectivity index (χ1v) is 18.3. The number of aliphatic hydroxyl groups is 1. The lowest BCUT2D eigenvalue weighted by Crippen LogP contribution is -2.55. The highest BCUT2D eigenvalue weighted by Gasteiger charge is 2.41. The molecule has 0 radical (unpaired) electrons. The molecule has 5 aromatic carbocycles. The Kier molecular flexibility index (Phi) is 17.2. The summed E-state index contributed by atoms with van der Waals surface area (Å²) < 4.78 is 36.6. The van der Waals surface area contributed by atoms with Crippen LogP contribution in [0.4, 0.5) is 0 Å². The highest BCUT2D eigenvalue weighted by molar-refractivity contribution is 5.81. The zero-order valence-corrected chi connectivity index (χ0v) is 30.8. The topological polar surface area (TPSA) is 105 Å². The maximum absolute atomic E-state index is 14.2. The third kappa shape index (κ3) is 13.8. The molecule has 0 bridgehead atoms. The molecule has 54 heavy (non-hydrogen) atoms. The Hall–Kier alpha value is -4.87. The number of methoxy groups -OCH3 is 1. The maximum Gasteiger partial charge on any atom is 0.251 e. The van der Waals surface area contributed by atoms with E-state index in [4.69, 9.17) is 28.4 Å². The molecule has 0 spiro atoms. The van der Waals surface area contributed by atoms with Crippen molar-refractivity contribution < 1.29 is 38.3 Å². The van der Waals surface area contributed by atoms with Gasteiger partial charge in [-0.05, 0) is 46.4 Å². The van der Waals surface area contributed by atoms with E-state index in [1.54, 1.807) is 7.11 Å².